The van der Waals surface area contributed by atoms with E-state index in [1.54, 1.807) is 72.8 Å². The number of nitrogens with two attached hydrogens (primary N) is 1. The maximum absolute atomic E-state index is 14.1. The van der Waals surface area contributed by atoms with Gasteiger partial charge in [-0.05, 0) is 36.4 Å². The summed E-state index contributed by atoms with van der Waals surface area (Å²) in [6.07, 6.45) is 0. The van der Waals surface area contributed by atoms with E-state index >= 15 is 0 Å². The van der Waals surface area contributed by atoms with Gasteiger partial charge in [-0.25, -0.2) is 28.7 Å². The zero-order valence-corrected chi connectivity index (χ0v) is 22.4. The van der Waals surface area contributed by atoms with Crippen molar-refractivity contribution in [3.05, 3.63) is 126 Å². The molecule has 0 saturated carbocycles. The number of aromatic hydroxyl groups is 1. The van der Waals surface area contributed by atoms with Crippen LogP contribution in [0.3, 0.4) is 0 Å². The Bertz CT molecular complexity index is 2810. The third-order valence-corrected chi connectivity index (χ3v) is 8.03. The summed E-state index contributed by atoms with van der Waals surface area (Å²) < 4.78 is 2.66. The molecular formula is C30H18N10O4. The van der Waals surface area contributed by atoms with E-state index < -0.39 is 28.2 Å². The highest BCUT2D eigenvalue weighted by atomic mass is 16.3. The molecule has 1 atom stereocenters. The highest BCUT2D eigenvalue weighted by molar-refractivity contribution is 5.83. The summed E-state index contributed by atoms with van der Waals surface area (Å²) in [5.41, 5.74) is 5.49. The van der Waals surface area contributed by atoms with Crippen LogP contribution in [0, 0.1) is 0 Å². The summed E-state index contributed by atoms with van der Waals surface area (Å²) in [6, 6.07) is 21.0. The quantitative estimate of drug-likeness (QED) is 0.179. The largest absolute Gasteiger partial charge is 0.494 e. The Hall–Kier alpha value is -6.41. The molecule has 14 heteroatoms. The van der Waals surface area contributed by atoms with Gasteiger partial charge in [-0.3, -0.25) is 30.1 Å². The molecular weight excluding hydrogens is 564 g/mol. The van der Waals surface area contributed by atoms with Crippen molar-refractivity contribution in [3.8, 4) is 5.88 Å². The van der Waals surface area contributed by atoms with Crippen LogP contribution in [-0.2, 0) is 5.66 Å². The third-order valence-electron chi connectivity index (χ3n) is 8.03. The Labute approximate surface area is 242 Å². The van der Waals surface area contributed by atoms with Crippen molar-refractivity contribution in [2.75, 3.05) is 0 Å². The lowest BCUT2D eigenvalue weighted by atomic mass is 9.99. The van der Waals surface area contributed by atoms with Gasteiger partial charge in [0.2, 0.25) is 17.4 Å². The van der Waals surface area contributed by atoms with Crippen molar-refractivity contribution in [1.82, 2.24) is 44.0 Å². The van der Waals surface area contributed by atoms with Gasteiger partial charge in [-0.15, -0.1) is 0 Å². The normalized spacial score (nSPS) is 17.7. The van der Waals surface area contributed by atoms with Crippen molar-refractivity contribution in [3.63, 3.8) is 0 Å². The average Bonchev–Trinajstić information content (AvgIpc) is 3.65. The van der Waals surface area contributed by atoms with Crippen LogP contribution in [0.15, 0.2) is 87.2 Å². The summed E-state index contributed by atoms with van der Waals surface area (Å²) in [5.74, 6) is -0.329. The fraction of sp³-hybridized carbons (Fsp3) is 0.0333. The highest BCUT2D eigenvalue weighted by Crippen LogP contribution is 2.38. The molecule has 6 heterocycles. The molecule has 14 nitrogen and oxygen atoms in total. The molecule has 44 heavy (non-hydrogen) atoms. The van der Waals surface area contributed by atoms with Gasteiger partial charge in [-0.2, -0.15) is 0 Å². The Morgan fingerprint density at radius 2 is 1.23 bits per heavy atom. The number of aromatic amines is 2. The van der Waals surface area contributed by atoms with Gasteiger partial charge in [0.15, 0.2) is 5.66 Å². The van der Waals surface area contributed by atoms with Crippen molar-refractivity contribution < 1.29 is 5.11 Å². The highest BCUT2D eigenvalue weighted by Gasteiger charge is 2.47. The first-order chi connectivity index (χ1) is 21.3. The van der Waals surface area contributed by atoms with Crippen molar-refractivity contribution in [2.45, 2.75) is 5.66 Å². The van der Waals surface area contributed by atoms with E-state index in [4.69, 9.17) is 15.7 Å². The molecule has 0 spiro atoms. The predicted octanol–water partition coefficient (Wildman–Crippen LogP) is 0.312. The first kappa shape index (κ1) is 24.2. The van der Waals surface area contributed by atoms with Crippen LogP contribution in [0.5, 0.6) is 5.88 Å². The SMILES string of the molecule is NC1(c2c(O)n3c(nc4ccccc43)[nH]c2=O)NC(=c2c(=O)[nH]c3nc4ccccc4n3c2=O)c2nc3ccccc3nc21. The second-order valence-electron chi connectivity index (χ2n) is 10.5. The number of imidazole rings is 2. The summed E-state index contributed by atoms with van der Waals surface area (Å²) >= 11 is 0. The number of hydrogen-bond donors (Lipinski definition) is 5. The Kier molecular flexibility index (Phi) is 4.46. The second kappa shape index (κ2) is 8.11. The van der Waals surface area contributed by atoms with Crippen molar-refractivity contribution >= 4 is 50.4 Å². The number of aromatic nitrogens is 8. The maximum Gasteiger partial charge on any atom is 0.273 e. The van der Waals surface area contributed by atoms with Gasteiger partial charge in [-0.1, -0.05) is 36.4 Å². The van der Waals surface area contributed by atoms with E-state index in [1.165, 1.54) is 8.80 Å². The maximum atomic E-state index is 14.1. The minimum Gasteiger partial charge on any atom is -0.494 e. The lowest BCUT2D eigenvalue weighted by Crippen LogP contribution is -2.53. The molecule has 8 aromatic rings. The number of hydrogen-bond acceptors (Lipinski definition) is 10. The first-order valence-electron chi connectivity index (χ1n) is 13.5. The van der Waals surface area contributed by atoms with Crippen LogP contribution in [0.1, 0.15) is 17.0 Å². The molecule has 212 valence electrons. The van der Waals surface area contributed by atoms with Crippen molar-refractivity contribution in [2.24, 2.45) is 5.73 Å². The standard InChI is InChI=1S/C30H18N10O4/c31-30(20-25(42)37-29-35-16-10-4-6-12-18(16)40(29)27(20)44)23-22(32-13-7-1-2-8-14(13)33-23)21(38-30)19-24(41)36-28-34-15-9-3-5-11-17(15)39(28)26(19)43/h1-12,38,44H,31H2,(H,34,36,41)(H,35,37,42). The number of rotatable bonds is 1. The minimum absolute atomic E-state index is 0.0326. The molecule has 0 fully saturated rings. The fourth-order valence-electron chi connectivity index (χ4n) is 6.09. The van der Waals surface area contributed by atoms with Gasteiger partial charge in [0.1, 0.15) is 22.2 Å². The summed E-state index contributed by atoms with van der Waals surface area (Å²) in [4.78, 5) is 65.0. The van der Waals surface area contributed by atoms with E-state index in [-0.39, 0.29) is 39.4 Å². The van der Waals surface area contributed by atoms with E-state index in [0.29, 0.717) is 33.1 Å². The summed E-state index contributed by atoms with van der Waals surface area (Å²) in [6.45, 7) is 0. The average molecular weight is 583 g/mol. The van der Waals surface area contributed by atoms with Crippen molar-refractivity contribution in [1.29, 1.82) is 0 Å². The Morgan fingerprint density at radius 3 is 1.91 bits per heavy atom. The summed E-state index contributed by atoms with van der Waals surface area (Å²) in [7, 11) is 0. The Balaban J connectivity index is 1.43. The second-order valence-corrected chi connectivity index (χ2v) is 10.5. The van der Waals surface area contributed by atoms with Crippen LogP contribution in [-0.4, -0.2) is 43.8 Å². The van der Waals surface area contributed by atoms with Gasteiger partial charge in [0, 0.05) is 0 Å². The molecule has 6 N–H and O–H groups in total. The zero-order chi connectivity index (χ0) is 29.9. The van der Waals surface area contributed by atoms with Gasteiger partial charge in [0.25, 0.3) is 16.7 Å². The molecule has 5 aromatic heterocycles. The van der Waals surface area contributed by atoms with E-state index in [1.807, 2.05) is 0 Å². The number of para-hydroxylation sites is 6. The number of fused-ring (bicyclic) bond motifs is 8. The molecule has 9 rings (SSSR count). The lowest BCUT2D eigenvalue weighted by molar-refractivity contribution is 0.400. The number of H-pyrrole nitrogens is 2. The molecule has 0 amide bonds. The fourth-order valence-corrected chi connectivity index (χ4v) is 6.09. The van der Waals surface area contributed by atoms with Crippen LogP contribution in [0.25, 0.3) is 50.4 Å². The van der Waals surface area contributed by atoms with Gasteiger partial charge < -0.3 is 10.4 Å². The van der Waals surface area contributed by atoms with E-state index in [9.17, 15) is 19.5 Å². The zero-order valence-electron chi connectivity index (χ0n) is 22.4. The number of benzene rings is 3. The smallest absolute Gasteiger partial charge is 0.273 e. The lowest BCUT2D eigenvalue weighted by Gasteiger charge is -2.25. The first-order valence-corrected chi connectivity index (χ1v) is 13.5. The predicted molar refractivity (Wildman–Crippen MR) is 160 cm³/mol. The molecule has 0 radical (unpaired) electrons. The topological polar surface area (TPSA) is 201 Å². The van der Waals surface area contributed by atoms with Crippen LogP contribution in [0.2, 0.25) is 0 Å². The third kappa shape index (κ3) is 2.98. The monoisotopic (exact) mass is 582 g/mol. The van der Waals surface area contributed by atoms with Gasteiger partial charge in [0.05, 0.1) is 38.8 Å². The van der Waals surface area contributed by atoms with E-state index in [2.05, 4.69) is 25.3 Å². The summed E-state index contributed by atoms with van der Waals surface area (Å²) in [5, 5.41) is 14.4. The molecule has 0 bridgehead atoms. The van der Waals surface area contributed by atoms with Gasteiger partial charge >= 0.3 is 0 Å². The minimum atomic E-state index is -2.04. The molecule has 1 unspecified atom stereocenters. The molecule has 0 saturated heterocycles. The molecule has 1 aliphatic heterocycles. The molecule has 0 aliphatic carbocycles. The number of nitrogens with one attached hydrogen (secondary N) is 3. The van der Waals surface area contributed by atoms with Crippen LogP contribution in [0.4, 0.5) is 0 Å². The van der Waals surface area contributed by atoms with Crippen LogP contribution < -0.4 is 32.9 Å². The van der Waals surface area contributed by atoms with Crippen LogP contribution >= 0.6 is 0 Å². The molecule has 3 aromatic carbocycles. The number of nitrogens with zero attached hydrogens (tertiary/aromatic N) is 6. The molecule has 1 aliphatic rings. The van der Waals surface area contributed by atoms with E-state index in [0.717, 1.165) is 0 Å². The Morgan fingerprint density at radius 1 is 0.682 bits per heavy atom.